The molecule has 4 heterocycles. The molecule has 0 saturated carbocycles. The highest BCUT2D eigenvalue weighted by molar-refractivity contribution is 6.51. The third-order valence-electron chi connectivity index (χ3n) is 7.23. The van der Waals surface area contributed by atoms with E-state index in [1.165, 1.54) is 32.4 Å². The summed E-state index contributed by atoms with van der Waals surface area (Å²) in [6.07, 6.45) is 8.67. The second kappa shape index (κ2) is 9.02. The fraction of sp³-hybridized carbons (Fsp3) is 0.286. The number of carbonyl (C=O) groups excluding carboxylic acids is 2. The molecule has 2 aromatic heterocycles. The molecule has 6 nitrogen and oxygen atoms in total. The van der Waals surface area contributed by atoms with E-state index in [2.05, 4.69) is 19.8 Å². The van der Waals surface area contributed by atoms with E-state index >= 15 is 0 Å². The standard InChI is InChI=1S/C28H27ClN4O2/c29-22-10-6-9-19-21(17-33(26(19)22)15-7-14-32-12-4-1-5-13-32)25-24(27(34)31-28(25)35)20-16-30-23-11-3-2-8-18(20)23/h2-3,6,8-11,16-17,30H,1,4-5,7,12-15H2,(H,31,34,35). The van der Waals surface area contributed by atoms with Crippen LogP contribution in [0.25, 0.3) is 33.0 Å². The quantitative estimate of drug-likeness (QED) is 0.367. The van der Waals surface area contributed by atoms with Crippen molar-refractivity contribution in [1.29, 1.82) is 0 Å². The van der Waals surface area contributed by atoms with Gasteiger partial charge in [-0.05, 0) is 51.0 Å². The molecular formula is C28H27ClN4O2. The van der Waals surface area contributed by atoms with Crippen LogP contribution in [-0.4, -0.2) is 45.9 Å². The molecule has 0 unspecified atom stereocenters. The van der Waals surface area contributed by atoms with Crippen LogP contribution in [0, 0.1) is 0 Å². The van der Waals surface area contributed by atoms with Gasteiger partial charge in [-0.1, -0.05) is 48.4 Å². The smallest absolute Gasteiger partial charge is 0.259 e. The summed E-state index contributed by atoms with van der Waals surface area (Å²) in [5.74, 6) is -0.745. The van der Waals surface area contributed by atoms with Crippen LogP contribution < -0.4 is 5.32 Å². The molecular weight excluding hydrogens is 460 g/mol. The monoisotopic (exact) mass is 486 g/mol. The molecule has 2 N–H and O–H groups in total. The van der Waals surface area contributed by atoms with Gasteiger partial charge >= 0.3 is 0 Å². The van der Waals surface area contributed by atoms with Gasteiger partial charge in [-0.3, -0.25) is 14.9 Å². The first-order valence-electron chi connectivity index (χ1n) is 12.3. The number of rotatable bonds is 6. The largest absolute Gasteiger partial charge is 0.361 e. The van der Waals surface area contributed by atoms with E-state index in [1.807, 2.05) is 54.9 Å². The summed E-state index contributed by atoms with van der Waals surface area (Å²) in [7, 11) is 0. The van der Waals surface area contributed by atoms with E-state index in [1.54, 1.807) is 0 Å². The van der Waals surface area contributed by atoms with Crippen LogP contribution in [0.4, 0.5) is 0 Å². The van der Waals surface area contributed by atoms with Crippen molar-refractivity contribution in [2.24, 2.45) is 0 Å². The molecule has 2 amide bonds. The number of para-hydroxylation sites is 2. The highest BCUT2D eigenvalue weighted by atomic mass is 35.5. The van der Waals surface area contributed by atoms with Gasteiger partial charge in [0, 0.05) is 46.4 Å². The Bertz CT molecular complexity index is 1490. The molecule has 2 aliphatic heterocycles. The molecule has 1 saturated heterocycles. The maximum absolute atomic E-state index is 13.1. The molecule has 7 heteroatoms. The number of aryl methyl sites for hydroxylation is 1. The lowest BCUT2D eigenvalue weighted by atomic mass is 9.95. The number of aromatic amines is 1. The molecule has 0 atom stereocenters. The number of aromatic nitrogens is 2. The number of imide groups is 1. The second-order valence-corrected chi connectivity index (χ2v) is 9.82. The first kappa shape index (κ1) is 22.1. The van der Waals surface area contributed by atoms with E-state index in [9.17, 15) is 9.59 Å². The Morgan fingerprint density at radius 1 is 0.829 bits per heavy atom. The van der Waals surface area contributed by atoms with Crippen LogP contribution in [0.5, 0.6) is 0 Å². The van der Waals surface area contributed by atoms with Gasteiger partial charge < -0.3 is 14.5 Å². The summed E-state index contributed by atoms with van der Waals surface area (Å²) in [5.41, 5.74) is 4.10. The predicted molar refractivity (Wildman–Crippen MR) is 140 cm³/mol. The number of hydrogen-bond donors (Lipinski definition) is 2. The van der Waals surface area contributed by atoms with Crippen LogP contribution in [0.15, 0.2) is 54.9 Å². The van der Waals surface area contributed by atoms with Crippen molar-refractivity contribution in [3.63, 3.8) is 0 Å². The Morgan fingerprint density at radius 3 is 2.40 bits per heavy atom. The molecule has 178 valence electrons. The van der Waals surface area contributed by atoms with Crippen molar-refractivity contribution in [3.8, 4) is 0 Å². The number of nitrogens with zero attached hydrogens (tertiary/aromatic N) is 2. The Balaban J connectivity index is 1.45. The molecule has 6 rings (SSSR count). The summed E-state index contributed by atoms with van der Waals surface area (Å²) >= 11 is 6.67. The molecule has 0 radical (unpaired) electrons. The van der Waals surface area contributed by atoms with Crippen LogP contribution in [0.1, 0.15) is 36.8 Å². The summed E-state index contributed by atoms with van der Waals surface area (Å²) in [6, 6.07) is 13.5. The first-order chi connectivity index (χ1) is 17.1. The van der Waals surface area contributed by atoms with E-state index in [0.717, 1.165) is 52.4 Å². The van der Waals surface area contributed by atoms with Crippen LogP contribution in [0.2, 0.25) is 5.02 Å². The lowest BCUT2D eigenvalue weighted by Crippen LogP contribution is -2.31. The van der Waals surface area contributed by atoms with Crippen molar-refractivity contribution in [2.45, 2.75) is 32.2 Å². The van der Waals surface area contributed by atoms with Crippen molar-refractivity contribution in [1.82, 2.24) is 19.8 Å². The van der Waals surface area contributed by atoms with Gasteiger partial charge in [0.05, 0.1) is 21.7 Å². The number of hydrogen-bond acceptors (Lipinski definition) is 3. The number of piperidine rings is 1. The molecule has 0 spiro atoms. The van der Waals surface area contributed by atoms with E-state index in [0.29, 0.717) is 16.2 Å². The third kappa shape index (κ3) is 3.87. The molecule has 0 aliphatic carbocycles. The average Bonchev–Trinajstić information content (AvgIpc) is 3.53. The molecule has 0 bridgehead atoms. The zero-order valence-corrected chi connectivity index (χ0v) is 20.2. The average molecular weight is 487 g/mol. The zero-order chi connectivity index (χ0) is 23.9. The number of nitrogens with one attached hydrogen (secondary N) is 2. The lowest BCUT2D eigenvalue weighted by Gasteiger charge is -2.26. The lowest BCUT2D eigenvalue weighted by molar-refractivity contribution is -0.122. The highest BCUT2D eigenvalue weighted by Crippen LogP contribution is 2.39. The van der Waals surface area contributed by atoms with Gasteiger partial charge in [-0.15, -0.1) is 0 Å². The predicted octanol–water partition coefficient (Wildman–Crippen LogP) is 5.22. The van der Waals surface area contributed by atoms with Crippen molar-refractivity contribution in [2.75, 3.05) is 19.6 Å². The number of amides is 2. The molecule has 2 aromatic carbocycles. The van der Waals surface area contributed by atoms with Gasteiger partial charge in [0.1, 0.15) is 0 Å². The van der Waals surface area contributed by atoms with E-state index in [4.69, 9.17) is 11.6 Å². The normalized spacial score (nSPS) is 17.2. The van der Waals surface area contributed by atoms with E-state index < -0.39 is 0 Å². The first-order valence-corrected chi connectivity index (χ1v) is 12.7. The minimum absolute atomic E-state index is 0.372. The topological polar surface area (TPSA) is 70.1 Å². The number of benzene rings is 2. The van der Waals surface area contributed by atoms with Crippen molar-refractivity contribution in [3.05, 3.63) is 71.0 Å². The van der Waals surface area contributed by atoms with Gasteiger partial charge in [0.25, 0.3) is 11.8 Å². The fourth-order valence-electron chi connectivity index (χ4n) is 5.59. The maximum atomic E-state index is 13.1. The van der Waals surface area contributed by atoms with Crippen LogP contribution in [-0.2, 0) is 16.1 Å². The van der Waals surface area contributed by atoms with Gasteiger partial charge in [0.2, 0.25) is 0 Å². The highest BCUT2D eigenvalue weighted by Gasteiger charge is 2.35. The maximum Gasteiger partial charge on any atom is 0.259 e. The number of carbonyl (C=O) groups is 2. The third-order valence-corrected chi connectivity index (χ3v) is 7.54. The minimum atomic E-state index is -0.373. The number of likely N-dealkylation sites (tertiary alicyclic amines) is 1. The van der Waals surface area contributed by atoms with Gasteiger partial charge in [-0.25, -0.2) is 0 Å². The summed E-state index contributed by atoms with van der Waals surface area (Å²) < 4.78 is 2.15. The summed E-state index contributed by atoms with van der Waals surface area (Å²) in [4.78, 5) is 31.9. The number of halogens is 1. The summed E-state index contributed by atoms with van der Waals surface area (Å²) in [5, 5.41) is 4.97. The Labute approximate surface area is 208 Å². The minimum Gasteiger partial charge on any atom is -0.361 e. The molecule has 2 aliphatic rings. The fourth-order valence-corrected chi connectivity index (χ4v) is 5.87. The number of fused-ring (bicyclic) bond motifs is 2. The Kier molecular flexibility index (Phi) is 5.71. The summed E-state index contributed by atoms with van der Waals surface area (Å²) in [6.45, 7) is 4.17. The molecule has 4 aromatic rings. The molecule has 1 fully saturated rings. The van der Waals surface area contributed by atoms with Gasteiger partial charge in [-0.2, -0.15) is 0 Å². The van der Waals surface area contributed by atoms with Crippen molar-refractivity contribution >= 4 is 56.4 Å². The molecule has 35 heavy (non-hydrogen) atoms. The van der Waals surface area contributed by atoms with E-state index in [-0.39, 0.29) is 11.8 Å². The Hall–Kier alpha value is -3.35. The van der Waals surface area contributed by atoms with Crippen LogP contribution >= 0.6 is 11.6 Å². The Morgan fingerprint density at radius 2 is 1.57 bits per heavy atom. The van der Waals surface area contributed by atoms with Crippen LogP contribution in [0.3, 0.4) is 0 Å². The van der Waals surface area contributed by atoms with Crippen molar-refractivity contribution < 1.29 is 9.59 Å². The zero-order valence-electron chi connectivity index (χ0n) is 19.4. The second-order valence-electron chi connectivity index (χ2n) is 9.41. The van der Waals surface area contributed by atoms with Gasteiger partial charge in [0.15, 0.2) is 0 Å². The SMILES string of the molecule is O=C1NC(=O)C(c2cn(CCCN3CCCCC3)c3c(Cl)cccc23)=C1c1c[nH]c2ccccc12. The number of H-pyrrole nitrogens is 1.